The van der Waals surface area contributed by atoms with Gasteiger partial charge >= 0.3 is 12.0 Å². The summed E-state index contributed by atoms with van der Waals surface area (Å²) in [5, 5.41) is 21.1. The van der Waals surface area contributed by atoms with Crippen LogP contribution in [-0.4, -0.2) is 65.2 Å². The number of anilines is 1. The summed E-state index contributed by atoms with van der Waals surface area (Å²) in [5.74, 6) is -1.56. The van der Waals surface area contributed by atoms with Gasteiger partial charge in [0.25, 0.3) is 0 Å². The quantitative estimate of drug-likeness (QED) is 0.714. The summed E-state index contributed by atoms with van der Waals surface area (Å²) in [6.07, 6.45) is 0.903. The van der Waals surface area contributed by atoms with Crippen LogP contribution in [0.3, 0.4) is 0 Å². The lowest BCUT2D eigenvalue weighted by atomic mass is 10.2. The molecular weight excluding hydrogens is 274 g/mol. The Morgan fingerprint density at radius 2 is 1.95 bits per heavy atom. The van der Waals surface area contributed by atoms with Gasteiger partial charge in [-0.2, -0.15) is 0 Å². The van der Waals surface area contributed by atoms with E-state index in [2.05, 4.69) is 10.2 Å². The molecule has 2 amide bonds. The van der Waals surface area contributed by atoms with Gasteiger partial charge in [-0.3, -0.25) is 0 Å². The van der Waals surface area contributed by atoms with Crippen LogP contribution in [-0.2, 0) is 0 Å². The summed E-state index contributed by atoms with van der Waals surface area (Å²) < 4.78 is 0. The first-order chi connectivity index (χ1) is 9.97. The number of benzene rings is 1. The number of phenols is 1. The van der Waals surface area contributed by atoms with E-state index >= 15 is 0 Å². The summed E-state index contributed by atoms with van der Waals surface area (Å²) in [6.45, 7) is 3.06. The molecule has 0 radical (unpaired) electrons. The molecule has 0 aliphatic carbocycles. The van der Waals surface area contributed by atoms with Gasteiger partial charge in [0.1, 0.15) is 11.3 Å². The van der Waals surface area contributed by atoms with Gasteiger partial charge in [0, 0.05) is 25.3 Å². The molecule has 1 aromatic rings. The fourth-order valence-corrected chi connectivity index (χ4v) is 2.24. The second-order valence-corrected chi connectivity index (χ2v) is 5.11. The lowest BCUT2D eigenvalue weighted by Gasteiger charge is -2.21. The first-order valence-corrected chi connectivity index (χ1v) is 6.78. The number of urea groups is 1. The number of rotatable bonds is 2. The van der Waals surface area contributed by atoms with Crippen molar-refractivity contribution in [3.63, 3.8) is 0 Å². The molecule has 3 N–H and O–H groups in total. The molecule has 114 valence electrons. The normalized spacial score (nSPS) is 16.3. The second kappa shape index (κ2) is 6.45. The minimum Gasteiger partial charge on any atom is -0.507 e. The summed E-state index contributed by atoms with van der Waals surface area (Å²) in [5.41, 5.74) is 0.121. The van der Waals surface area contributed by atoms with Crippen LogP contribution >= 0.6 is 0 Å². The van der Waals surface area contributed by atoms with Crippen molar-refractivity contribution in [3.05, 3.63) is 23.8 Å². The van der Waals surface area contributed by atoms with Gasteiger partial charge < -0.3 is 25.3 Å². The van der Waals surface area contributed by atoms with Gasteiger partial charge in [0.15, 0.2) is 0 Å². The lowest BCUT2D eigenvalue weighted by molar-refractivity contribution is 0.0693. The molecule has 7 nitrogen and oxygen atoms in total. The van der Waals surface area contributed by atoms with Crippen LogP contribution in [0, 0.1) is 0 Å². The minimum absolute atomic E-state index is 0.233. The molecule has 1 aliphatic rings. The highest BCUT2D eigenvalue weighted by Crippen LogP contribution is 2.21. The number of aromatic hydroxyl groups is 1. The first-order valence-electron chi connectivity index (χ1n) is 6.78. The smallest absolute Gasteiger partial charge is 0.339 e. The van der Waals surface area contributed by atoms with Gasteiger partial charge in [0.05, 0.1) is 0 Å². The molecular formula is C14H19N3O4. The molecule has 0 spiro atoms. The number of amides is 2. The van der Waals surface area contributed by atoms with Crippen molar-refractivity contribution in [1.29, 1.82) is 0 Å². The number of carboxylic acid groups (broad SMARTS) is 1. The van der Waals surface area contributed by atoms with Crippen molar-refractivity contribution < 1.29 is 19.8 Å². The Hall–Kier alpha value is -2.28. The number of nitrogens with zero attached hydrogens (tertiary/aromatic N) is 2. The standard InChI is InChI=1S/C14H19N3O4/c1-16-5-2-6-17(8-7-16)14(21)15-10-3-4-12(18)11(9-10)13(19)20/h3-4,9,18H,2,5-8H2,1H3,(H,15,21)(H,19,20). The minimum atomic E-state index is -1.24. The van der Waals surface area contributed by atoms with Crippen LogP contribution < -0.4 is 5.32 Å². The Bertz CT molecular complexity index is 547. The summed E-state index contributed by atoms with van der Waals surface area (Å²) in [7, 11) is 2.01. The largest absolute Gasteiger partial charge is 0.507 e. The Morgan fingerprint density at radius 1 is 1.19 bits per heavy atom. The average Bonchev–Trinajstić information content (AvgIpc) is 2.65. The van der Waals surface area contributed by atoms with Crippen LogP contribution in [0.2, 0.25) is 0 Å². The topological polar surface area (TPSA) is 93.1 Å². The predicted octanol–water partition coefficient (Wildman–Crippen LogP) is 1.26. The summed E-state index contributed by atoms with van der Waals surface area (Å²) >= 11 is 0. The summed E-state index contributed by atoms with van der Waals surface area (Å²) in [6, 6.07) is 3.73. The van der Waals surface area contributed by atoms with Crippen molar-refractivity contribution >= 4 is 17.7 Å². The second-order valence-electron chi connectivity index (χ2n) is 5.11. The third-order valence-electron chi connectivity index (χ3n) is 3.48. The van der Waals surface area contributed by atoms with E-state index in [1.807, 2.05) is 7.05 Å². The number of likely N-dealkylation sites (N-methyl/N-ethyl adjacent to an activating group) is 1. The molecule has 0 unspecified atom stereocenters. The van der Waals surface area contributed by atoms with E-state index in [1.54, 1.807) is 4.90 Å². The van der Waals surface area contributed by atoms with E-state index in [0.717, 1.165) is 19.5 Å². The zero-order chi connectivity index (χ0) is 15.4. The van der Waals surface area contributed by atoms with E-state index in [4.69, 9.17) is 5.11 Å². The van der Waals surface area contributed by atoms with Crippen molar-refractivity contribution in [2.24, 2.45) is 0 Å². The van der Waals surface area contributed by atoms with Crippen molar-refractivity contribution in [2.45, 2.75) is 6.42 Å². The van der Waals surface area contributed by atoms with Crippen LogP contribution in [0.4, 0.5) is 10.5 Å². The number of carbonyl (C=O) groups is 2. The van der Waals surface area contributed by atoms with Crippen molar-refractivity contribution in [1.82, 2.24) is 9.80 Å². The highest BCUT2D eigenvalue weighted by molar-refractivity contribution is 5.95. The number of carboxylic acids is 1. The fourth-order valence-electron chi connectivity index (χ4n) is 2.24. The maximum absolute atomic E-state index is 12.2. The zero-order valence-electron chi connectivity index (χ0n) is 11.9. The molecule has 1 aromatic carbocycles. The molecule has 0 aromatic heterocycles. The molecule has 1 fully saturated rings. The highest BCUT2D eigenvalue weighted by atomic mass is 16.4. The molecule has 1 aliphatic heterocycles. The average molecular weight is 293 g/mol. The monoisotopic (exact) mass is 293 g/mol. The van der Waals surface area contributed by atoms with Crippen LogP contribution in [0.1, 0.15) is 16.8 Å². The molecule has 0 atom stereocenters. The van der Waals surface area contributed by atoms with E-state index in [9.17, 15) is 14.7 Å². The molecule has 0 bridgehead atoms. The Labute approximate surface area is 122 Å². The Kier molecular flexibility index (Phi) is 4.64. The maximum atomic E-state index is 12.2. The third-order valence-corrected chi connectivity index (χ3v) is 3.48. The Morgan fingerprint density at radius 3 is 2.67 bits per heavy atom. The van der Waals surface area contributed by atoms with Crippen LogP contribution in [0.25, 0.3) is 0 Å². The van der Waals surface area contributed by atoms with Gasteiger partial charge in [-0.1, -0.05) is 0 Å². The molecule has 2 rings (SSSR count). The maximum Gasteiger partial charge on any atom is 0.339 e. The highest BCUT2D eigenvalue weighted by Gasteiger charge is 2.18. The molecule has 1 saturated heterocycles. The van der Waals surface area contributed by atoms with Gasteiger partial charge in [-0.25, -0.2) is 9.59 Å². The van der Waals surface area contributed by atoms with Gasteiger partial charge in [0.2, 0.25) is 0 Å². The van der Waals surface area contributed by atoms with E-state index in [1.165, 1.54) is 18.2 Å². The van der Waals surface area contributed by atoms with E-state index < -0.39 is 5.97 Å². The van der Waals surface area contributed by atoms with Gasteiger partial charge in [-0.15, -0.1) is 0 Å². The molecule has 0 saturated carbocycles. The predicted molar refractivity (Wildman–Crippen MR) is 77.8 cm³/mol. The molecule has 7 heteroatoms. The molecule has 21 heavy (non-hydrogen) atoms. The number of hydrogen-bond donors (Lipinski definition) is 3. The number of nitrogens with one attached hydrogen (secondary N) is 1. The lowest BCUT2D eigenvalue weighted by Crippen LogP contribution is -2.37. The molecule has 1 heterocycles. The third kappa shape index (κ3) is 3.85. The zero-order valence-corrected chi connectivity index (χ0v) is 11.9. The summed E-state index contributed by atoms with van der Waals surface area (Å²) in [4.78, 5) is 27.0. The SMILES string of the molecule is CN1CCCN(C(=O)Nc2ccc(O)c(C(=O)O)c2)CC1. The first kappa shape index (κ1) is 15.1. The Balaban J connectivity index is 2.05. The van der Waals surface area contributed by atoms with Crippen LogP contribution in [0.5, 0.6) is 5.75 Å². The number of hydrogen-bond acceptors (Lipinski definition) is 4. The van der Waals surface area contributed by atoms with E-state index in [-0.39, 0.29) is 17.3 Å². The van der Waals surface area contributed by atoms with Crippen molar-refractivity contribution in [3.8, 4) is 5.75 Å². The number of aromatic carboxylic acids is 1. The van der Waals surface area contributed by atoms with Gasteiger partial charge in [-0.05, 0) is 38.2 Å². The number of carbonyl (C=O) groups excluding carboxylic acids is 1. The fraction of sp³-hybridized carbons (Fsp3) is 0.429. The van der Waals surface area contributed by atoms with Crippen molar-refractivity contribution in [2.75, 3.05) is 38.5 Å². The van der Waals surface area contributed by atoms with E-state index in [0.29, 0.717) is 18.8 Å². The van der Waals surface area contributed by atoms with Crippen LogP contribution in [0.15, 0.2) is 18.2 Å².